The standard InChI is InChI=1S/C17H28N2O2/c1-4-10-20-15-11-14(12-19-13-15)16(18-3)17(21-5-2)8-6-7-9-17/h11-13,16,18H,4-10H2,1-3H3. The number of hydrogen-bond donors (Lipinski definition) is 1. The zero-order valence-electron chi connectivity index (χ0n) is 13.5. The van der Waals surface area contributed by atoms with Gasteiger partial charge in [-0.25, -0.2) is 0 Å². The molecule has 1 unspecified atom stereocenters. The number of nitrogens with zero attached hydrogens (tertiary/aromatic N) is 1. The highest BCUT2D eigenvalue weighted by Gasteiger charge is 2.42. The smallest absolute Gasteiger partial charge is 0.137 e. The molecule has 1 N–H and O–H groups in total. The van der Waals surface area contributed by atoms with Crippen molar-refractivity contribution in [2.24, 2.45) is 0 Å². The molecule has 1 saturated carbocycles. The van der Waals surface area contributed by atoms with Crippen LogP contribution >= 0.6 is 0 Å². The lowest BCUT2D eigenvalue weighted by Gasteiger charge is -2.37. The van der Waals surface area contributed by atoms with Crippen molar-refractivity contribution in [1.82, 2.24) is 10.3 Å². The van der Waals surface area contributed by atoms with Crippen molar-refractivity contribution in [2.75, 3.05) is 20.3 Å². The number of nitrogens with one attached hydrogen (secondary N) is 1. The predicted octanol–water partition coefficient (Wildman–Crippen LogP) is 3.48. The summed E-state index contributed by atoms with van der Waals surface area (Å²) in [4.78, 5) is 4.35. The molecule has 0 amide bonds. The van der Waals surface area contributed by atoms with E-state index in [4.69, 9.17) is 9.47 Å². The Hall–Kier alpha value is -1.13. The number of likely N-dealkylation sites (N-methyl/N-ethyl adjacent to an activating group) is 1. The minimum absolute atomic E-state index is 0.103. The molecule has 0 bridgehead atoms. The summed E-state index contributed by atoms with van der Waals surface area (Å²) in [7, 11) is 2.00. The Bertz CT molecular complexity index is 431. The molecule has 0 saturated heterocycles. The Morgan fingerprint density at radius 1 is 1.29 bits per heavy atom. The van der Waals surface area contributed by atoms with Gasteiger partial charge < -0.3 is 14.8 Å². The topological polar surface area (TPSA) is 43.4 Å². The Balaban J connectivity index is 2.23. The molecule has 0 spiro atoms. The number of pyridine rings is 1. The third-order valence-electron chi connectivity index (χ3n) is 4.24. The summed E-state index contributed by atoms with van der Waals surface area (Å²) in [6.45, 7) is 5.66. The first kappa shape index (κ1) is 16.2. The van der Waals surface area contributed by atoms with Gasteiger partial charge in [0.1, 0.15) is 5.75 Å². The Morgan fingerprint density at radius 2 is 2.05 bits per heavy atom. The van der Waals surface area contributed by atoms with E-state index in [0.717, 1.165) is 43.8 Å². The zero-order chi connectivity index (χ0) is 15.1. The van der Waals surface area contributed by atoms with Crippen molar-refractivity contribution in [2.45, 2.75) is 57.6 Å². The second kappa shape index (κ2) is 7.76. The molecule has 0 radical (unpaired) electrons. The lowest BCUT2D eigenvalue weighted by atomic mass is 9.87. The van der Waals surface area contributed by atoms with Crippen molar-refractivity contribution in [3.63, 3.8) is 0 Å². The third kappa shape index (κ3) is 3.74. The molecule has 1 aromatic rings. The van der Waals surface area contributed by atoms with E-state index in [0.29, 0.717) is 0 Å². The molecular formula is C17H28N2O2. The van der Waals surface area contributed by atoms with Crippen molar-refractivity contribution < 1.29 is 9.47 Å². The van der Waals surface area contributed by atoms with Crippen LogP contribution in [0.15, 0.2) is 18.5 Å². The van der Waals surface area contributed by atoms with E-state index < -0.39 is 0 Å². The Labute approximate surface area is 128 Å². The summed E-state index contributed by atoms with van der Waals surface area (Å²) >= 11 is 0. The molecule has 1 aliphatic carbocycles. The highest BCUT2D eigenvalue weighted by Crippen LogP contribution is 2.43. The van der Waals surface area contributed by atoms with Crippen LogP contribution in [0.5, 0.6) is 5.75 Å². The predicted molar refractivity (Wildman–Crippen MR) is 84.6 cm³/mol. The molecule has 1 heterocycles. The van der Waals surface area contributed by atoms with E-state index in [-0.39, 0.29) is 11.6 Å². The molecular weight excluding hydrogens is 264 g/mol. The lowest BCUT2D eigenvalue weighted by molar-refractivity contribution is -0.0611. The summed E-state index contributed by atoms with van der Waals surface area (Å²) in [5, 5.41) is 3.45. The minimum Gasteiger partial charge on any atom is -0.492 e. The Kier molecular flexibility index (Phi) is 6.00. The molecule has 1 atom stereocenters. The van der Waals surface area contributed by atoms with Crippen molar-refractivity contribution >= 4 is 0 Å². The first-order chi connectivity index (χ1) is 10.3. The molecule has 1 aliphatic rings. The lowest BCUT2D eigenvalue weighted by Crippen LogP contribution is -2.43. The van der Waals surface area contributed by atoms with Crippen LogP contribution in [0.2, 0.25) is 0 Å². The van der Waals surface area contributed by atoms with Crippen LogP contribution in [0.4, 0.5) is 0 Å². The number of aromatic nitrogens is 1. The first-order valence-electron chi connectivity index (χ1n) is 8.14. The normalized spacial score (nSPS) is 18.6. The molecule has 1 aromatic heterocycles. The van der Waals surface area contributed by atoms with Crippen LogP contribution in [0.3, 0.4) is 0 Å². The number of ether oxygens (including phenoxy) is 2. The molecule has 0 aliphatic heterocycles. The summed E-state index contributed by atoms with van der Waals surface area (Å²) in [5.74, 6) is 0.847. The van der Waals surface area contributed by atoms with Gasteiger partial charge in [-0.3, -0.25) is 4.98 Å². The first-order valence-corrected chi connectivity index (χ1v) is 8.14. The summed E-state index contributed by atoms with van der Waals surface area (Å²) in [5.41, 5.74) is 1.05. The number of hydrogen-bond acceptors (Lipinski definition) is 4. The van der Waals surface area contributed by atoms with E-state index >= 15 is 0 Å². The van der Waals surface area contributed by atoms with Gasteiger partial charge in [-0.05, 0) is 44.9 Å². The highest BCUT2D eigenvalue weighted by atomic mass is 16.5. The van der Waals surface area contributed by atoms with Crippen LogP contribution < -0.4 is 10.1 Å². The van der Waals surface area contributed by atoms with Crippen LogP contribution in [-0.4, -0.2) is 30.8 Å². The fourth-order valence-corrected chi connectivity index (χ4v) is 3.40. The molecule has 21 heavy (non-hydrogen) atoms. The summed E-state index contributed by atoms with van der Waals surface area (Å²) < 4.78 is 11.9. The van der Waals surface area contributed by atoms with Crippen molar-refractivity contribution in [3.8, 4) is 5.75 Å². The summed E-state index contributed by atoms with van der Waals surface area (Å²) in [6, 6.07) is 2.26. The molecule has 4 heteroatoms. The average molecular weight is 292 g/mol. The third-order valence-corrected chi connectivity index (χ3v) is 4.24. The van der Waals surface area contributed by atoms with Crippen LogP contribution in [0.1, 0.15) is 57.6 Å². The van der Waals surface area contributed by atoms with Crippen LogP contribution in [0, 0.1) is 0 Å². The van der Waals surface area contributed by atoms with Gasteiger partial charge in [0.25, 0.3) is 0 Å². The van der Waals surface area contributed by atoms with E-state index in [1.807, 2.05) is 13.2 Å². The largest absolute Gasteiger partial charge is 0.492 e. The van der Waals surface area contributed by atoms with E-state index in [2.05, 4.69) is 30.2 Å². The van der Waals surface area contributed by atoms with Crippen molar-refractivity contribution in [3.05, 3.63) is 24.0 Å². The van der Waals surface area contributed by atoms with Gasteiger partial charge in [-0.2, -0.15) is 0 Å². The van der Waals surface area contributed by atoms with Crippen LogP contribution in [-0.2, 0) is 4.74 Å². The van der Waals surface area contributed by atoms with Gasteiger partial charge >= 0.3 is 0 Å². The van der Waals surface area contributed by atoms with E-state index in [9.17, 15) is 0 Å². The molecule has 0 aromatic carbocycles. The molecule has 118 valence electrons. The SMILES string of the molecule is CCCOc1cncc(C(NC)C2(OCC)CCCC2)c1. The maximum Gasteiger partial charge on any atom is 0.137 e. The van der Waals surface area contributed by atoms with Crippen LogP contribution in [0.25, 0.3) is 0 Å². The van der Waals surface area contributed by atoms with E-state index in [1.165, 1.54) is 12.8 Å². The fourth-order valence-electron chi connectivity index (χ4n) is 3.40. The molecule has 1 fully saturated rings. The van der Waals surface area contributed by atoms with Gasteiger partial charge in [-0.1, -0.05) is 19.8 Å². The minimum atomic E-state index is -0.103. The van der Waals surface area contributed by atoms with E-state index in [1.54, 1.807) is 6.20 Å². The van der Waals surface area contributed by atoms with Gasteiger partial charge in [0.2, 0.25) is 0 Å². The molecule has 4 nitrogen and oxygen atoms in total. The Morgan fingerprint density at radius 3 is 2.67 bits per heavy atom. The molecule has 2 rings (SSSR count). The highest BCUT2D eigenvalue weighted by molar-refractivity contribution is 5.28. The maximum absolute atomic E-state index is 6.19. The van der Waals surface area contributed by atoms with Gasteiger partial charge in [-0.15, -0.1) is 0 Å². The zero-order valence-corrected chi connectivity index (χ0v) is 13.5. The number of rotatable bonds is 8. The van der Waals surface area contributed by atoms with Gasteiger partial charge in [0.15, 0.2) is 0 Å². The maximum atomic E-state index is 6.19. The monoisotopic (exact) mass is 292 g/mol. The van der Waals surface area contributed by atoms with Gasteiger partial charge in [0, 0.05) is 12.8 Å². The fraction of sp³-hybridized carbons (Fsp3) is 0.706. The average Bonchev–Trinajstić information content (AvgIpc) is 2.96. The summed E-state index contributed by atoms with van der Waals surface area (Å²) in [6.07, 6.45) is 9.39. The second-order valence-electron chi connectivity index (χ2n) is 5.73. The van der Waals surface area contributed by atoms with Gasteiger partial charge in [0.05, 0.1) is 24.4 Å². The quantitative estimate of drug-likeness (QED) is 0.796. The second-order valence-corrected chi connectivity index (χ2v) is 5.73. The van der Waals surface area contributed by atoms with Crippen molar-refractivity contribution in [1.29, 1.82) is 0 Å².